The van der Waals surface area contributed by atoms with E-state index >= 15 is 0 Å². The first-order valence-electron chi connectivity index (χ1n) is 7.44. The molecule has 108 valence electrons. The Balaban J connectivity index is 1.61. The van der Waals surface area contributed by atoms with Gasteiger partial charge in [0.15, 0.2) is 0 Å². The van der Waals surface area contributed by atoms with Gasteiger partial charge in [0.2, 0.25) is 5.91 Å². The van der Waals surface area contributed by atoms with E-state index in [9.17, 15) is 4.79 Å². The Morgan fingerprint density at radius 2 is 1.86 bits per heavy atom. The van der Waals surface area contributed by atoms with Gasteiger partial charge in [-0.15, -0.1) is 0 Å². The van der Waals surface area contributed by atoms with Gasteiger partial charge < -0.3 is 11.1 Å². The van der Waals surface area contributed by atoms with Crippen LogP contribution in [0.15, 0.2) is 48.5 Å². The minimum Gasteiger partial charge on any atom is -0.326 e. The third kappa shape index (κ3) is 3.31. The van der Waals surface area contributed by atoms with E-state index in [1.807, 2.05) is 36.4 Å². The van der Waals surface area contributed by atoms with E-state index < -0.39 is 0 Å². The number of hydrogen-bond acceptors (Lipinski definition) is 2. The Morgan fingerprint density at radius 3 is 2.67 bits per heavy atom. The highest BCUT2D eigenvalue weighted by atomic mass is 16.1. The minimum atomic E-state index is -0.263. The van der Waals surface area contributed by atoms with Crippen LogP contribution in [0.2, 0.25) is 0 Å². The Morgan fingerprint density at radius 1 is 1.10 bits per heavy atom. The van der Waals surface area contributed by atoms with Gasteiger partial charge in [0.25, 0.3) is 0 Å². The van der Waals surface area contributed by atoms with Gasteiger partial charge in [-0.25, -0.2) is 0 Å². The number of carbonyl (C=O) groups excluding carboxylic acids is 1. The number of amides is 1. The lowest BCUT2D eigenvalue weighted by atomic mass is 10.0. The molecule has 1 amide bonds. The lowest BCUT2D eigenvalue weighted by Crippen LogP contribution is -2.20. The van der Waals surface area contributed by atoms with Crippen molar-refractivity contribution in [1.82, 2.24) is 0 Å². The van der Waals surface area contributed by atoms with Gasteiger partial charge in [0, 0.05) is 18.2 Å². The summed E-state index contributed by atoms with van der Waals surface area (Å²) in [7, 11) is 0. The Kier molecular flexibility index (Phi) is 4.02. The molecule has 1 unspecified atom stereocenters. The molecule has 3 N–H and O–H groups in total. The molecule has 0 radical (unpaired) electrons. The van der Waals surface area contributed by atoms with E-state index in [1.54, 1.807) is 0 Å². The first-order chi connectivity index (χ1) is 10.2. The van der Waals surface area contributed by atoms with Crippen molar-refractivity contribution in [1.29, 1.82) is 0 Å². The highest BCUT2D eigenvalue weighted by Crippen LogP contribution is 2.25. The van der Waals surface area contributed by atoms with E-state index in [-0.39, 0.29) is 11.9 Å². The molecule has 0 aliphatic heterocycles. The van der Waals surface area contributed by atoms with Crippen LogP contribution in [-0.4, -0.2) is 5.91 Å². The van der Waals surface area contributed by atoms with Crippen molar-refractivity contribution in [3.05, 3.63) is 65.2 Å². The van der Waals surface area contributed by atoms with Crippen LogP contribution in [0, 0.1) is 0 Å². The van der Waals surface area contributed by atoms with Crippen molar-refractivity contribution in [2.75, 3.05) is 5.32 Å². The second-order valence-electron chi connectivity index (χ2n) is 5.61. The lowest BCUT2D eigenvalue weighted by molar-refractivity contribution is -0.116. The zero-order chi connectivity index (χ0) is 14.7. The van der Waals surface area contributed by atoms with E-state index in [0.29, 0.717) is 6.42 Å². The van der Waals surface area contributed by atoms with E-state index in [2.05, 4.69) is 17.4 Å². The number of hydrogen-bond donors (Lipinski definition) is 2. The van der Waals surface area contributed by atoms with Gasteiger partial charge in [-0.1, -0.05) is 36.4 Å². The number of nitrogens with one attached hydrogen (secondary N) is 1. The number of benzene rings is 2. The van der Waals surface area contributed by atoms with Crippen molar-refractivity contribution in [3.8, 4) is 0 Å². The van der Waals surface area contributed by atoms with Gasteiger partial charge in [0.1, 0.15) is 0 Å². The molecule has 0 fully saturated rings. The molecule has 1 aliphatic carbocycles. The van der Waals surface area contributed by atoms with Gasteiger partial charge >= 0.3 is 0 Å². The number of carbonyl (C=O) groups is 1. The monoisotopic (exact) mass is 280 g/mol. The van der Waals surface area contributed by atoms with Crippen LogP contribution in [0.3, 0.4) is 0 Å². The van der Waals surface area contributed by atoms with Crippen LogP contribution >= 0.6 is 0 Å². The average molecular weight is 280 g/mol. The standard InChI is InChI=1S/C18H20N2O/c19-17(14-5-2-1-3-6-14)12-18(21)20-16-10-9-13-7-4-8-15(13)11-16/h1-3,5-6,9-11,17H,4,7-8,12,19H2,(H,20,21). The Bertz CT molecular complexity index is 637. The summed E-state index contributed by atoms with van der Waals surface area (Å²) in [5, 5.41) is 2.95. The third-order valence-corrected chi connectivity index (χ3v) is 4.02. The molecule has 0 aromatic heterocycles. The molecule has 0 saturated heterocycles. The maximum atomic E-state index is 12.1. The molecule has 2 aromatic carbocycles. The maximum Gasteiger partial charge on any atom is 0.226 e. The molecule has 1 atom stereocenters. The number of aryl methyl sites for hydroxylation is 2. The molecule has 0 saturated carbocycles. The molecule has 0 bridgehead atoms. The summed E-state index contributed by atoms with van der Waals surface area (Å²) >= 11 is 0. The van der Waals surface area contributed by atoms with Gasteiger partial charge in [-0.05, 0) is 48.1 Å². The van der Waals surface area contributed by atoms with Gasteiger partial charge in [0.05, 0.1) is 0 Å². The highest BCUT2D eigenvalue weighted by Gasteiger charge is 2.14. The molecular formula is C18H20N2O. The fourth-order valence-corrected chi connectivity index (χ4v) is 2.88. The SMILES string of the molecule is NC(CC(=O)Nc1ccc2c(c1)CCC2)c1ccccc1. The zero-order valence-corrected chi connectivity index (χ0v) is 12.0. The molecule has 21 heavy (non-hydrogen) atoms. The third-order valence-electron chi connectivity index (χ3n) is 4.02. The molecule has 3 nitrogen and oxygen atoms in total. The highest BCUT2D eigenvalue weighted by molar-refractivity contribution is 5.91. The summed E-state index contributed by atoms with van der Waals surface area (Å²) in [5.41, 5.74) is 10.7. The molecule has 1 aliphatic rings. The van der Waals surface area contributed by atoms with Crippen molar-refractivity contribution in [2.45, 2.75) is 31.7 Å². The van der Waals surface area contributed by atoms with E-state index in [1.165, 1.54) is 17.5 Å². The fourth-order valence-electron chi connectivity index (χ4n) is 2.88. The summed E-state index contributed by atoms with van der Waals surface area (Å²) in [5.74, 6) is -0.0377. The Labute approximate surface area is 125 Å². The molecule has 3 rings (SSSR count). The van der Waals surface area contributed by atoms with Gasteiger partial charge in [-0.3, -0.25) is 4.79 Å². The zero-order valence-electron chi connectivity index (χ0n) is 12.0. The smallest absolute Gasteiger partial charge is 0.226 e. The van der Waals surface area contributed by atoms with Crippen LogP contribution in [-0.2, 0) is 17.6 Å². The average Bonchev–Trinajstić information content (AvgIpc) is 2.95. The topological polar surface area (TPSA) is 55.1 Å². The largest absolute Gasteiger partial charge is 0.326 e. The second-order valence-corrected chi connectivity index (χ2v) is 5.61. The minimum absolute atomic E-state index is 0.0377. The predicted octanol–water partition coefficient (Wildman–Crippen LogP) is 3.20. The van der Waals surface area contributed by atoms with E-state index in [4.69, 9.17) is 5.73 Å². The molecule has 2 aromatic rings. The van der Waals surface area contributed by atoms with Crippen LogP contribution in [0.4, 0.5) is 5.69 Å². The normalized spacial score (nSPS) is 14.5. The van der Waals surface area contributed by atoms with Crippen LogP contribution in [0.5, 0.6) is 0 Å². The van der Waals surface area contributed by atoms with Crippen molar-refractivity contribution in [2.24, 2.45) is 5.73 Å². The molecule has 0 heterocycles. The number of nitrogens with two attached hydrogens (primary N) is 1. The molecule has 3 heteroatoms. The van der Waals surface area contributed by atoms with E-state index in [0.717, 1.165) is 24.1 Å². The van der Waals surface area contributed by atoms with Crippen molar-refractivity contribution in [3.63, 3.8) is 0 Å². The summed E-state index contributed by atoms with van der Waals surface area (Å²) in [4.78, 5) is 12.1. The fraction of sp³-hybridized carbons (Fsp3) is 0.278. The van der Waals surface area contributed by atoms with Crippen LogP contribution < -0.4 is 11.1 Å². The number of anilines is 1. The van der Waals surface area contributed by atoms with Gasteiger partial charge in [-0.2, -0.15) is 0 Å². The second kappa shape index (κ2) is 6.10. The van der Waals surface area contributed by atoms with Crippen LogP contribution in [0.1, 0.15) is 35.6 Å². The first kappa shape index (κ1) is 13.8. The summed E-state index contributed by atoms with van der Waals surface area (Å²) < 4.78 is 0. The van der Waals surface area contributed by atoms with Crippen molar-refractivity contribution < 1.29 is 4.79 Å². The molecular weight excluding hydrogens is 260 g/mol. The lowest BCUT2D eigenvalue weighted by Gasteiger charge is -2.12. The summed E-state index contributed by atoms with van der Waals surface area (Å²) in [6, 6.07) is 15.7. The van der Waals surface area contributed by atoms with Crippen molar-refractivity contribution >= 4 is 11.6 Å². The molecule has 0 spiro atoms. The first-order valence-corrected chi connectivity index (χ1v) is 7.44. The van der Waals surface area contributed by atoms with Crippen LogP contribution in [0.25, 0.3) is 0 Å². The number of fused-ring (bicyclic) bond motifs is 1. The Hall–Kier alpha value is -2.13. The maximum absolute atomic E-state index is 12.1. The predicted molar refractivity (Wildman–Crippen MR) is 85.1 cm³/mol. The number of rotatable bonds is 4. The summed E-state index contributed by atoms with van der Waals surface area (Å²) in [6.07, 6.45) is 3.78. The quantitative estimate of drug-likeness (QED) is 0.903. The summed E-state index contributed by atoms with van der Waals surface area (Å²) in [6.45, 7) is 0.